The average molecular weight is 387 g/mol. The first-order chi connectivity index (χ1) is 13.5. The molecule has 2 fully saturated rings. The zero-order valence-corrected chi connectivity index (χ0v) is 16.4. The standard InChI is InChI=1S/C21H29N3O4/c1-16-9-5-6-12-21(16)19(26)24(20(27)23-21)15-18(25)22-13-7-8-14-28-17-10-3-2-4-11-17/h2-4,10-11,16H,5-9,12-15H2,1H3,(H,22,25)(H,23,27)/t16-,21-/m0/s1. The van der Waals surface area contributed by atoms with Crippen molar-refractivity contribution in [3.63, 3.8) is 0 Å². The number of imide groups is 1. The predicted molar refractivity (Wildman–Crippen MR) is 105 cm³/mol. The highest BCUT2D eigenvalue weighted by Gasteiger charge is 2.55. The molecule has 2 aliphatic rings. The molecule has 1 saturated heterocycles. The van der Waals surface area contributed by atoms with Crippen molar-refractivity contribution in [2.45, 2.75) is 51.0 Å². The van der Waals surface area contributed by atoms with E-state index in [4.69, 9.17) is 4.74 Å². The molecule has 1 aliphatic carbocycles. The SMILES string of the molecule is C[C@H]1CCCC[C@]12NC(=O)N(CC(=O)NCCCCOc1ccccc1)C2=O. The van der Waals surface area contributed by atoms with Crippen LogP contribution >= 0.6 is 0 Å². The minimum Gasteiger partial charge on any atom is -0.494 e. The van der Waals surface area contributed by atoms with Crippen molar-refractivity contribution < 1.29 is 19.1 Å². The summed E-state index contributed by atoms with van der Waals surface area (Å²) in [7, 11) is 0. The van der Waals surface area contributed by atoms with E-state index in [1.54, 1.807) is 0 Å². The number of carbonyl (C=O) groups is 3. The van der Waals surface area contributed by atoms with E-state index >= 15 is 0 Å². The Morgan fingerprint density at radius 1 is 1.25 bits per heavy atom. The van der Waals surface area contributed by atoms with Gasteiger partial charge in [0.25, 0.3) is 5.91 Å². The fourth-order valence-corrected chi connectivity index (χ4v) is 4.00. The molecule has 152 valence electrons. The number of para-hydroxylation sites is 1. The summed E-state index contributed by atoms with van der Waals surface area (Å²) in [6.45, 7) is 2.84. The van der Waals surface area contributed by atoms with Gasteiger partial charge < -0.3 is 15.4 Å². The second-order valence-electron chi connectivity index (χ2n) is 7.66. The van der Waals surface area contributed by atoms with Crippen molar-refractivity contribution in [3.05, 3.63) is 30.3 Å². The molecule has 7 nitrogen and oxygen atoms in total. The maximum atomic E-state index is 12.8. The van der Waals surface area contributed by atoms with Gasteiger partial charge in [0.2, 0.25) is 5.91 Å². The Bertz CT molecular complexity index is 709. The molecule has 0 aromatic heterocycles. The Morgan fingerprint density at radius 3 is 2.79 bits per heavy atom. The number of nitrogens with one attached hydrogen (secondary N) is 2. The van der Waals surface area contributed by atoms with Gasteiger partial charge >= 0.3 is 6.03 Å². The molecule has 1 spiro atoms. The number of hydrogen-bond donors (Lipinski definition) is 2. The molecule has 0 unspecified atom stereocenters. The van der Waals surface area contributed by atoms with Crippen LogP contribution in [0.3, 0.4) is 0 Å². The van der Waals surface area contributed by atoms with Gasteiger partial charge in [-0.1, -0.05) is 38.0 Å². The van der Waals surface area contributed by atoms with Gasteiger partial charge in [-0.2, -0.15) is 0 Å². The van der Waals surface area contributed by atoms with E-state index in [-0.39, 0.29) is 24.3 Å². The molecule has 2 atom stereocenters. The largest absolute Gasteiger partial charge is 0.494 e. The Kier molecular flexibility index (Phi) is 6.54. The number of ether oxygens (including phenoxy) is 1. The molecule has 1 aromatic carbocycles. The summed E-state index contributed by atoms with van der Waals surface area (Å²) in [6, 6.07) is 9.13. The summed E-state index contributed by atoms with van der Waals surface area (Å²) in [4.78, 5) is 38.4. The van der Waals surface area contributed by atoms with E-state index in [0.717, 1.165) is 42.8 Å². The maximum Gasteiger partial charge on any atom is 0.325 e. The Hall–Kier alpha value is -2.57. The molecule has 1 saturated carbocycles. The van der Waals surface area contributed by atoms with E-state index in [9.17, 15) is 14.4 Å². The quantitative estimate of drug-likeness (QED) is 0.530. The van der Waals surface area contributed by atoms with Crippen LogP contribution in [0.25, 0.3) is 0 Å². The van der Waals surface area contributed by atoms with Crippen LogP contribution in [0.4, 0.5) is 4.79 Å². The number of urea groups is 1. The fraction of sp³-hybridized carbons (Fsp3) is 0.571. The highest BCUT2D eigenvalue weighted by Crippen LogP contribution is 2.38. The molecule has 1 aliphatic heterocycles. The van der Waals surface area contributed by atoms with Crippen LogP contribution in [0.1, 0.15) is 45.4 Å². The van der Waals surface area contributed by atoms with Crippen molar-refractivity contribution in [3.8, 4) is 5.75 Å². The molecule has 28 heavy (non-hydrogen) atoms. The van der Waals surface area contributed by atoms with Crippen molar-refractivity contribution in [1.82, 2.24) is 15.5 Å². The summed E-state index contributed by atoms with van der Waals surface area (Å²) >= 11 is 0. The lowest BCUT2D eigenvalue weighted by Crippen LogP contribution is -2.54. The van der Waals surface area contributed by atoms with Gasteiger partial charge in [0.15, 0.2) is 0 Å². The van der Waals surface area contributed by atoms with Crippen LogP contribution in [0.5, 0.6) is 5.75 Å². The van der Waals surface area contributed by atoms with Gasteiger partial charge in [-0.25, -0.2) is 4.79 Å². The number of rotatable bonds is 8. The van der Waals surface area contributed by atoms with E-state index < -0.39 is 11.6 Å². The molecular weight excluding hydrogens is 358 g/mol. The summed E-state index contributed by atoms with van der Waals surface area (Å²) in [6.07, 6.45) is 5.12. The molecular formula is C21H29N3O4. The lowest BCUT2D eigenvalue weighted by atomic mass is 9.73. The molecule has 4 amide bonds. The number of hydrogen-bond acceptors (Lipinski definition) is 4. The number of unbranched alkanes of at least 4 members (excludes halogenated alkanes) is 1. The second kappa shape index (κ2) is 9.08. The van der Waals surface area contributed by atoms with E-state index in [1.807, 2.05) is 37.3 Å². The molecule has 2 N–H and O–H groups in total. The van der Waals surface area contributed by atoms with Crippen LogP contribution in [-0.2, 0) is 9.59 Å². The second-order valence-corrected chi connectivity index (χ2v) is 7.66. The van der Waals surface area contributed by atoms with Gasteiger partial charge in [-0.15, -0.1) is 0 Å². The molecule has 1 aromatic rings. The lowest BCUT2D eigenvalue weighted by Gasteiger charge is -2.36. The molecule has 3 rings (SSSR count). The fourth-order valence-electron chi connectivity index (χ4n) is 4.00. The van der Waals surface area contributed by atoms with Gasteiger partial charge in [0.05, 0.1) is 6.61 Å². The van der Waals surface area contributed by atoms with Gasteiger partial charge in [-0.3, -0.25) is 14.5 Å². The summed E-state index contributed by atoms with van der Waals surface area (Å²) in [5.74, 6) is 0.357. The number of nitrogens with zero attached hydrogens (tertiary/aromatic N) is 1. The third-order valence-corrected chi connectivity index (χ3v) is 5.71. The lowest BCUT2D eigenvalue weighted by molar-refractivity contribution is -0.137. The average Bonchev–Trinajstić information content (AvgIpc) is 2.93. The molecule has 1 heterocycles. The summed E-state index contributed by atoms with van der Waals surface area (Å²) in [5, 5.41) is 5.65. The molecule has 7 heteroatoms. The van der Waals surface area contributed by atoms with E-state index in [2.05, 4.69) is 10.6 Å². The minimum atomic E-state index is -0.815. The van der Waals surface area contributed by atoms with Crippen LogP contribution < -0.4 is 15.4 Å². The van der Waals surface area contributed by atoms with Crippen molar-refractivity contribution in [2.75, 3.05) is 19.7 Å². The van der Waals surface area contributed by atoms with Crippen LogP contribution in [0.15, 0.2) is 30.3 Å². The van der Waals surface area contributed by atoms with Crippen molar-refractivity contribution >= 4 is 17.8 Å². The van der Waals surface area contributed by atoms with Gasteiger partial charge in [0.1, 0.15) is 17.8 Å². The van der Waals surface area contributed by atoms with Crippen molar-refractivity contribution in [2.24, 2.45) is 5.92 Å². The predicted octanol–water partition coefficient (Wildman–Crippen LogP) is 2.46. The highest BCUT2D eigenvalue weighted by atomic mass is 16.5. The monoisotopic (exact) mass is 387 g/mol. The molecule has 0 radical (unpaired) electrons. The van der Waals surface area contributed by atoms with Crippen LogP contribution in [-0.4, -0.2) is 48.0 Å². The van der Waals surface area contributed by atoms with Gasteiger partial charge in [0, 0.05) is 6.54 Å². The summed E-state index contributed by atoms with van der Waals surface area (Å²) in [5.41, 5.74) is -0.815. The Balaban J connectivity index is 1.37. The first-order valence-corrected chi connectivity index (χ1v) is 10.1. The maximum absolute atomic E-state index is 12.8. The van der Waals surface area contributed by atoms with Gasteiger partial charge in [-0.05, 0) is 43.7 Å². The zero-order chi connectivity index (χ0) is 20.0. The highest BCUT2D eigenvalue weighted by molar-refractivity contribution is 6.09. The normalized spacial score (nSPS) is 24.3. The van der Waals surface area contributed by atoms with E-state index in [0.29, 0.717) is 19.6 Å². The third-order valence-electron chi connectivity index (χ3n) is 5.71. The molecule has 0 bridgehead atoms. The topological polar surface area (TPSA) is 87.7 Å². The first kappa shape index (κ1) is 20.2. The zero-order valence-electron chi connectivity index (χ0n) is 16.4. The number of amides is 4. The smallest absolute Gasteiger partial charge is 0.325 e. The van der Waals surface area contributed by atoms with E-state index in [1.165, 1.54) is 0 Å². The van der Waals surface area contributed by atoms with Crippen LogP contribution in [0.2, 0.25) is 0 Å². The minimum absolute atomic E-state index is 0.0929. The third kappa shape index (κ3) is 4.46. The Morgan fingerprint density at radius 2 is 2.04 bits per heavy atom. The Labute approximate surface area is 165 Å². The van der Waals surface area contributed by atoms with Crippen molar-refractivity contribution in [1.29, 1.82) is 0 Å². The summed E-state index contributed by atoms with van der Waals surface area (Å²) < 4.78 is 5.60. The van der Waals surface area contributed by atoms with Crippen LogP contribution in [0, 0.1) is 5.92 Å². The first-order valence-electron chi connectivity index (χ1n) is 10.1. The number of benzene rings is 1. The number of carbonyl (C=O) groups excluding carboxylic acids is 3.